The fourth-order valence-corrected chi connectivity index (χ4v) is 1.64. The average Bonchev–Trinajstić information content (AvgIpc) is 2.39. The molecular formula is C14H16N4O2. The summed E-state index contributed by atoms with van der Waals surface area (Å²) >= 11 is 0. The Morgan fingerprint density at radius 1 is 1.25 bits per heavy atom. The van der Waals surface area contributed by atoms with E-state index in [2.05, 4.69) is 20.6 Å². The van der Waals surface area contributed by atoms with Crippen molar-refractivity contribution in [3.63, 3.8) is 0 Å². The van der Waals surface area contributed by atoms with Crippen LogP contribution >= 0.6 is 0 Å². The number of hydrogen-bond acceptors (Lipinski definition) is 4. The monoisotopic (exact) mass is 272 g/mol. The topological polar surface area (TPSA) is 76.1 Å². The number of nitrogens with one attached hydrogen (secondary N) is 2. The van der Waals surface area contributed by atoms with Gasteiger partial charge in [-0.25, -0.2) is 14.8 Å². The Morgan fingerprint density at radius 3 is 2.85 bits per heavy atom. The van der Waals surface area contributed by atoms with Crippen LogP contribution in [0.25, 0.3) is 0 Å². The van der Waals surface area contributed by atoms with E-state index in [1.807, 2.05) is 38.1 Å². The number of hydrogen-bond donors (Lipinski definition) is 2. The van der Waals surface area contributed by atoms with E-state index in [0.717, 1.165) is 11.3 Å². The summed E-state index contributed by atoms with van der Waals surface area (Å²) in [5.41, 5.74) is 1.80. The van der Waals surface area contributed by atoms with E-state index in [4.69, 9.17) is 4.74 Å². The van der Waals surface area contributed by atoms with E-state index in [-0.39, 0.29) is 6.03 Å². The zero-order chi connectivity index (χ0) is 14.4. The molecule has 20 heavy (non-hydrogen) atoms. The molecule has 2 rings (SSSR count). The van der Waals surface area contributed by atoms with Gasteiger partial charge in [-0.2, -0.15) is 0 Å². The number of aryl methyl sites for hydroxylation is 1. The normalized spacial score (nSPS) is 9.90. The molecule has 2 amide bonds. The van der Waals surface area contributed by atoms with E-state index < -0.39 is 0 Å². The van der Waals surface area contributed by atoms with E-state index >= 15 is 0 Å². The van der Waals surface area contributed by atoms with Gasteiger partial charge in [0, 0.05) is 11.8 Å². The highest BCUT2D eigenvalue weighted by Crippen LogP contribution is 2.13. The minimum Gasteiger partial charge on any atom is -0.478 e. The van der Waals surface area contributed by atoms with Gasteiger partial charge in [0.05, 0.1) is 6.61 Å². The van der Waals surface area contributed by atoms with Gasteiger partial charge in [-0.3, -0.25) is 5.32 Å². The third kappa shape index (κ3) is 3.94. The second-order valence-electron chi connectivity index (χ2n) is 4.12. The lowest BCUT2D eigenvalue weighted by molar-refractivity contribution is 0.262. The van der Waals surface area contributed by atoms with Gasteiger partial charge in [0.25, 0.3) is 0 Å². The molecule has 1 aromatic carbocycles. The first kappa shape index (κ1) is 13.8. The molecule has 0 aliphatic carbocycles. The first-order chi connectivity index (χ1) is 9.67. The number of ether oxygens (including phenoxy) is 1. The van der Waals surface area contributed by atoms with Crippen molar-refractivity contribution in [2.75, 3.05) is 17.2 Å². The van der Waals surface area contributed by atoms with Crippen LogP contribution in [0.3, 0.4) is 0 Å². The van der Waals surface area contributed by atoms with Crippen molar-refractivity contribution >= 4 is 17.5 Å². The summed E-state index contributed by atoms with van der Waals surface area (Å²) in [5.74, 6) is 0.807. The molecule has 0 saturated carbocycles. The number of aromatic nitrogens is 2. The molecule has 0 bridgehead atoms. The Balaban J connectivity index is 1.99. The summed E-state index contributed by atoms with van der Waals surface area (Å²) in [5, 5.41) is 5.36. The quantitative estimate of drug-likeness (QED) is 0.897. The molecule has 1 heterocycles. The van der Waals surface area contributed by atoms with Gasteiger partial charge in [0.1, 0.15) is 12.1 Å². The maximum absolute atomic E-state index is 11.8. The number of carbonyl (C=O) groups is 1. The van der Waals surface area contributed by atoms with Gasteiger partial charge < -0.3 is 10.1 Å². The summed E-state index contributed by atoms with van der Waals surface area (Å²) in [4.78, 5) is 19.7. The van der Waals surface area contributed by atoms with Crippen LogP contribution in [-0.4, -0.2) is 22.6 Å². The van der Waals surface area contributed by atoms with Crippen LogP contribution in [0, 0.1) is 6.92 Å². The van der Waals surface area contributed by atoms with Crippen molar-refractivity contribution in [2.45, 2.75) is 13.8 Å². The molecule has 0 atom stereocenters. The second-order valence-corrected chi connectivity index (χ2v) is 4.12. The minimum absolute atomic E-state index is 0.364. The summed E-state index contributed by atoms with van der Waals surface area (Å²) in [7, 11) is 0. The number of nitrogens with zero attached hydrogens (tertiary/aromatic N) is 2. The molecule has 0 aliphatic rings. The maximum Gasteiger partial charge on any atom is 0.324 e. The highest BCUT2D eigenvalue weighted by molar-refractivity contribution is 5.99. The third-order valence-electron chi connectivity index (χ3n) is 2.45. The second kappa shape index (κ2) is 6.51. The molecule has 0 radical (unpaired) electrons. The van der Waals surface area contributed by atoms with Crippen LogP contribution < -0.4 is 15.4 Å². The lowest BCUT2D eigenvalue weighted by Gasteiger charge is -2.08. The van der Waals surface area contributed by atoms with Crippen LogP contribution in [0.15, 0.2) is 36.7 Å². The van der Waals surface area contributed by atoms with E-state index in [1.165, 1.54) is 6.33 Å². The largest absolute Gasteiger partial charge is 0.478 e. The highest BCUT2D eigenvalue weighted by atomic mass is 16.5. The molecular weight excluding hydrogens is 256 g/mol. The van der Waals surface area contributed by atoms with Crippen LogP contribution in [0.4, 0.5) is 16.3 Å². The maximum atomic E-state index is 11.8. The standard InChI is InChI=1S/C14H16N4O2/c1-3-20-13-8-12(15-9-16-13)18-14(19)17-11-6-4-5-10(2)7-11/h4-9H,3H2,1-2H3,(H2,15,16,17,18,19). The Bertz CT molecular complexity index is 601. The molecule has 0 aliphatic heterocycles. The molecule has 6 heteroatoms. The van der Waals surface area contributed by atoms with Crippen molar-refractivity contribution < 1.29 is 9.53 Å². The van der Waals surface area contributed by atoms with Gasteiger partial charge >= 0.3 is 6.03 Å². The smallest absolute Gasteiger partial charge is 0.324 e. The Kier molecular flexibility index (Phi) is 4.49. The van der Waals surface area contributed by atoms with Crippen molar-refractivity contribution in [2.24, 2.45) is 0 Å². The molecule has 6 nitrogen and oxygen atoms in total. The van der Waals surface area contributed by atoms with Crippen LogP contribution in [-0.2, 0) is 0 Å². The third-order valence-corrected chi connectivity index (χ3v) is 2.45. The van der Waals surface area contributed by atoms with Crippen LogP contribution in [0.5, 0.6) is 5.88 Å². The van der Waals surface area contributed by atoms with Crippen molar-refractivity contribution in [1.82, 2.24) is 9.97 Å². The molecule has 2 N–H and O–H groups in total. The molecule has 104 valence electrons. The number of benzene rings is 1. The number of carbonyl (C=O) groups excluding carboxylic acids is 1. The molecule has 0 saturated heterocycles. The highest BCUT2D eigenvalue weighted by Gasteiger charge is 2.05. The molecule has 2 aromatic rings. The van der Waals surface area contributed by atoms with Crippen LogP contribution in [0.1, 0.15) is 12.5 Å². The number of rotatable bonds is 4. The predicted molar refractivity (Wildman–Crippen MR) is 77.0 cm³/mol. The van der Waals surface area contributed by atoms with Gasteiger partial charge in [-0.05, 0) is 31.5 Å². The Morgan fingerprint density at radius 2 is 2.10 bits per heavy atom. The van der Waals surface area contributed by atoms with Crippen molar-refractivity contribution in [3.8, 4) is 5.88 Å². The molecule has 0 fully saturated rings. The summed E-state index contributed by atoms with van der Waals surface area (Å²) in [6.07, 6.45) is 1.34. The first-order valence-corrected chi connectivity index (χ1v) is 6.27. The van der Waals surface area contributed by atoms with E-state index in [9.17, 15) is 4.79 Å². The zero-order valence-corrected chi connectivity index (χ0v) is 11.4. The molecule has 1 aromatic heterocycles. The predicted octanol–water partition coefficient (Wildman–Crippen LogP) is 2.83. The van der Waals surface area contributed by atoms with Gasteiger partial charge in [0.15, 0.2) is 0 Å². The Hall–Kier alpha value is -2.63. The van der Waals surface area contributed by atoms with E-state index in [0.29, 0.717) is 18.3 Å². The number of anilines is 2. The minimum atomic E-state index is -0.364. The average molecular weight is 272 g/mol. The summed E-state index contributed by atoms with van der Waals surface area (Å²) in [6.45, 7) is 4.33. The number of amides is 2. The summed E-state index contributed by atoms with van der Waals surface area (Å²) in [6, 6.07) is 8.74. The lowest BCUT2D eigenvalue weighted by Crippen LogP contribution is -2.20. The zero-order valence-electron chi connectivity index (χ0n) is 11.4. The first-order valence-electron chi connectivity index (χ1n) is 6.27. The fourth-order valence-electron chi connectivity index (χ4n) is 1.64. The SMILES string of the molecule is CCOc1cc(NC(=O)Nc2cccc(C)c2)ncn1. The van der Waals surface area contributed by atoms with E-state index in [1.54, 1.807) is 6.07 Å². The van der Waals surface area contributed by atoms with Crippen molar-refractivity contribution in [1.29, 1.82) is 0 Å². The van der Waals surface area contributed by atoms with Crippen LogP contribution in [0.2, 0.25) is 0 Å². The fraction of sp³-hybridized carbons (Fsp3) is 0.214. The van der Waals surface area contributed by atoms with Gasteiger partial charge in [0.2, 0.25) is 5.88 Å². The van der Waals surface area contributed by atoms with Gasteiger partial charge in [-0.15, -0.1) is 0 Å². The van der Waals surface area contributed by atoms with Crippen molar-refractivity contribution in [3.05, 3.63) is 42.2 Å². The Labute approximate surface area is 117 Å². The number of urea groups is 1. The lowest BCUT2D eigenvalue weighted by atomic mass is 10.2. The van der Waals surface area contributed by atoms with Gasteiger partial charge in [-0.1, -0.05) is 12.1 Å². The molecule has 0 spiro atoms. The summed E-state index contributed by atoms with van der Waals surface area (Å²) < 4.78 is 5.24. The molecule has 0 unspecified atom stereocenters.